The van der Waals surface area contributed by atoms with Gasteiger partial charge in [0.25, 0.3) is 10.0 Å². The molecule has 3 rings (SSSR count). The zero-order valence-corrected chi connectivity index (χ0v) is 15.9. The Kier molecular flexibility index (Phi) is 5.46. The van der Waals surface area contributed by atoms with Crippen molar-refractivity contribution >= 4 is 21.8 Å². The molecule has 0 bridgehead atoms. The number of ether oxygens (including phenoxy) is 2. The van der Waals surface area contributed by atoms with Crippen LogP contribution in [-0.4, -0.2) is 51.9 Å². The maximum atomic E-state index is 12.1. The van der Waals surface area contributed by atoms with Crippen LogP contribution in [-0.2, 0) is 19.6 Å². The molecule has 27 heavy (non-hydrogen) atoms. The molecule has 2 aromatic rings. The summed E-state index contributed by atoms with van der Waals surface area (Å²) in [6.45, 7) is 2.20. The zero-order chi connectivity index (χ0) is 19.4. The van der Waals surface area contributed by atoms with E-state index in [1.54, 1.807) is 25.2 Å². The number of aryl methyl sites for hydroxylation is 1. The number of hydrogen-bond donors (Lipinski definition) is 0. The van der Waals surface area contributed by atoms with Gasteiger partial charge in [0.05, 0.1) is 0 Å². The van der Waals surface area contributed by atoms with E-state index in [9.17, 15) is 13.2 Å². The summed E-state index contributed by atoms with van der Waals surface area (Å²) in [4.78, 5) is 13.6. The lowest BCUT2D eigenvalue weighted by atomic mass is 10.2. The van der Waals surface area contributed by atoms with Crippen LogP contribution in [0.25, 0.3) is 0 Å². The highest BCUT2D eigenvalue weighted by atomic mass is 32.2. The average Bonchev–Trinajstić information content (AvgIpc) is 2.92. The Labute approximate surface area is 158 Å². The van der Waals surface area contributed by atoms with Crippen molar-refractivity contribution in [2.45, 2.75) is 11.8 Å². The predicted octanol–water partition coefficient (Wildman–Crippen LogP) is 2.00. The first kappa shape index (κ1) is 18.9. The van der Waals surface area contributed by atoms with Gasteiger partial charge in [0.2, 0.25) is 0 Å². The summed E-state index contributed by atoms with van der Waals surface area (Å²) in [6, 6.07) is 14.1. The van der Waals surface area contributed by atoms with Crippen LogP contribution in [0.4, 0.5) is 0 Å². The molecule has 0 radical (unpaired) electrons. The van der Waals surface area contributed by atoms with Crippen LogP contribution >= 0.6 is 0 Å². The Morgan fingerprint density at radius 1 is 1.07 bits per heavy atom. The van der Waals surface area contributed by atoms with Crippen molar-refractivity contribution in [2.24, 2.45) is 4.40 Å². The third-order valence-electron chi connectivity index (χ3n) is 3.98. The number of amidine groups is 1. The Bertz CT molecular complexity index is 968. The number of carbonyl (C=O) groups is 1. The van der Waals surface area contributed by atoms with Gasteiger partial charge >= 0.3 is 5.97 Å². The molecule has 1 heterocycles. The van der Waals surface area contributed by atoms with E-state index in [0.717, 1.165) is 5.56 Å². The lowest BCUT2D eigenvalue weighted by Gasteiger charge is -2.18. The minimum Gasteiger partial charge on any atom is -0.490 e. The number of carbonyl (C=O) groups excluding carboxylic acids is 1. The van der Waals surface area contributed by atoms with E-state index in [-0.39, 0.29) is 30.5 Å². The summed E-state index contributed by atoms with van der Waals surface area (Å²) >= 11 is 0. The molecule has 0 spiro atoms. The molecule has 0 saturated carbocycles. The third kappa shape index (κ3) is 4.46. The molecule has 0 atom stereocenters. The molecule has 1 aliphatic rings. The van der Waals surface area contributed by atoms with Gasteiger partial charge in [-0.2, -0.15) is 8.42 Å². The zero-order valence-electron chi connectivity index (χ0n) is 15.1. The first-order valence-electron chi connectivity index (χ1n) is 8.37. The van der Waals surface area contributed by atoms with Gasteiger partial charge in [-0.25, -0.2) is 0 Å². The van der Waals surface area contributed by atoms with Crippen molar-refractivity contribution in [3.8, 4) is 5.75 Å². The second-order valence-electron chi connectivity index (χ2n) is 6.12. The normalized spacial score (nSPS) is 14.2. The molecule has 0 saturated heterocycles. The van der Waals surface area contributed by atoms with Gasteiger partial charge in [-0.3, -0.25) is 4.79 Å². The Morgan fingerprint density at radius 2 is 1.78 bits per heavy atom. The molecule has 0 amide bonds. The SMILES string of the molecule is Cc1ccc(OCCOC(=O)CN(C)C2=NS(=O)(=O)c3ccccc32)cc1. The summed E-state index contributed by atoms with van der Waals surface area (Å²) in [7, 11) is -2.12. The molecular formula is C19H20N2O5S. The van der Waals surface area contributed by atoms with Crippen LogP contribution in [0, 0.1) is 6.92 Å². The van der Waals surface area contributed by atoms with Crippen molar-refractivity contribution < 1.29 is 22.7 Å². The predicted molar refractivity (Wildman–Crippen MR) is 100 cm³/mol. The minimum absolute atomic E-state index is 0.0991. The van der Waals surface area contributed by atoms with Gasteiger partial charge in [0, 0.05) is 12.6 Å². The van der Waals surface area contributed by atoms with E-state index in [0.29, 0.717) is 11.3 Å². The maximum Gasteiger partial charge on any atom is 0.325 e. The summed E-state index contributed by atoms with van der Waals surface area (Å²) < 4.78 is 38.6. The molecular weight excluding hydrogens is 368 g/mol. The second-order valence-corrected chi connectivity index (χ2v) is 7.70. The van der Waals surface area contributed by atoms with Crippen molar-refractivity contribution in [2.75, 3.05) is 26.8 Å². The van der Waals surface area contributed by atoms with Crippen LogP contribution in [0.2, 0.25) is 0 Å². The number of esters is 1. The summed E-state index contributed by atoms with van der Waals surface area (Å²) in [5.74, 6) is 0.448. The highest BCUT2D eigenvalue weighted by Crippen LogP contribution is 2.26. The van der Waals surface area contributed by atoms with Crippen LogP contribution in [0.1, 0.15) is 11.1 Å². The van der Waals surface area contributed by atoms with Crippen molar-refractivity contribution in [3.63, 3.8) is 0 Å². The summed E-state index contributed by atoms with van der Waals surface area (Å²) in [5, 5.41) is 0. The van der Waals surface area contributed by atoms with Gasteiger partial charge in [0.1, 0.15) is 30.4 Å². The molecule has 142 valence electrons. The molecule has 0 unspecified atom stereocenters. The Morgan fingerprint density at radius 3 is 2.52 bits per heavy atom. The topological polar surface area (TPSA) is 85.3 Å². The average molecular weight is 388 g/mol. The number of hydrogen-bond acceptors (Lipinski definition) is 6. The summed E-state index contributed by atoms with van der Waals surface area (Å²) in [6.07, 6.45) is 0. The van der Waals surface area contributed by atoms with E-state index in [4.69, 9.17) is 9.47 Å². The van der Waals surface area contributed by atoms with Gasteiger partial charge in [0.15, 0.2) is 5.84 Å². The number of rotatable bonds is 6. The molecule has 0 aromatic heterocycles. The smallest absolute Gasteiger partial charge is 0.325 e. The number of benzene rings is 2. The fourth-order valence-corrected chi connectivity index (χ4v) is 3.88. The molecule has 0 fully saturated rings. The first-order chi connectivity index (χ1) is 12.9. The maximum absolute atomic E-state index is 12.1. The first-order valence-corrected chi connectivity index (χ1v) is 9.81. The van der Waals surface area contributed by atoms with Crippen LogP contribution in [0.3, 0.4) is 0 Å². The Balaban J connectivity index is 1.50. The number of fused-ring (bicyclic) bond motifs is 1. The van der Waals surface area contributed by atoms with E-state index < -0.39 is 16.0 Å². The lowest BCUT2D eigenvalue weighted by molar-refractivity contribution is -0.144. The minimum atomic E-state index is -3.72. The van der Waals surface area contributed by atoms with E-state index in [1.807, 2.05) is 31.2 Å². The summed E-state index contributed by atoms with van der Waals surface area (Å²) in [5.41, 5.74) is 1.62. The standard InChI is InChI=1S/C19H20N2O5S/c1-14-7-9-15(10-8-14)25-11-12-26-18(22)13-21(2)19-16-5-3-4-6-17(16)27(23,24)20-19/h3-10H,11-13H2,1-2H3. The molecule has 2 aromatic carbocycles. The largest absolute Gasteiger partial charge is 0.490 e. The monoisotopic (exact) mass is 388 g/mol. The van der Waals surface area contributed by atoms with Gasteiger partial charge in [-0.15, -0.1) is 4.40 Å². The van der Waals surface area contributed by atoms with Gasteiger partial charge in [-0.1, -0.05) is 29.8 Å². The Hall–Kier alpha value is -2.87. The van der Waals surface area contributed by atoms with Crippen molar-refractivity contribution in [3.05, 3.63) is 59.7 Å². The fraction of sp³-hybridized carbons (Fsp3) is 0.263. The van der Waals surface area contributed by atoms with E-state index in [2.05, 4.69) is 4.40 Å². The van der Waals surface area contributed by atoms with Gasteiger partial charge < -0.3 is 14.4 Å². The van der Waals surface area contributed by atoms with Crippen LogP contribution in [0.5, 0.6) is 5.75 Å². The molecule has 0 N–H and O–H groups in total. The lowest BCUT2D eigenvalue weighted by Crippen LogP contribution is -2.33. The highest BCUT2D eigenvalue weighted by molar-refractivity contribution is 7.90. The third-order valence-corrected chi connectivity index (χ3v) is 5.30. The van der Waals surface area contributed by atoms with Crippen molar-refractivity contribution in [1.29, 1.82) is 0 Å². The number of likely N-dealkylation sites (N-methyl/N-ethyl adjacent to an activating group) is 1. The van der Waals surface area contributed by atoms with Crippen molar-refractivity contribution in [1.82, 2.24) is 4.90 Å². The van der Waals surface area contributed by atoms with Crippen LogP contribution < -0.4 is 4.74 Å². The molecule has 1 aliphatic heterocycles. The molecule has 0 aliphatic carbocycles. The fourth-order valence-electron chi connectivity index (χ4n) is 2.63. The number of sulfonamides is 1. The van der Waals surface area contributed by atoms with Gasteiger partial charge in [-0.05, 0) is 31.2 Å². The second kappa shape index (κ2) is 7.79. The molecule has 7 nitrogen and oxygen atoms in total. The van der Waals surface area contributed by atoms with Crippen LogP contribution in [0.15, 0.2) is 57.8 Å². The highest BCUT2D eigenvalue weighted by Gasteiger charge is 2.31. The molecule has 8 heteroatoms. The van der Waals surface area contributed by atoms with E-state index in [1.165, 1.54) is 11.0 Å². The number of nitrogens with zero attached hydrogens (tertiary/aromatic N) is 2. The quantitative estimate of drug-likeness (QED) is 0.556. The van der Waals surface area contributed by atoms with E-state index >= 15 is 0 Å².